The van der Waals surface area contributed by atoms with Crippen LogP contribution in [0.15, 0.2) is 18.2 Å². The lowest BCUT2D eigenvalue weighted by Crippen LogP contribution is -2.47. The van der Waals surface area contributed by atoms with Crippen LogP contribution in [-0.4, -0.2) is 22.0 Å². The van der Waals surface area contributed by atoms with Crippen LogP contribution in [0.5, 0.6) is 5.75 Å². The molecule has 0 aliphatic heterocycles. The maximum Gasteiger partial charge on any atom is 0.258 e. The summed E-state index contributed by atoms with van der Waals surface area (Å²) in [4.78, 5) is 12.0. The Morgan fingerprint density at radius 2 is 2.11 bits per heavy atom. The average Bonchev–Trinajstić information content (AvgIpc) is 2.24. The quantitative estimate of drug-likeness (QED) is 0.726. The zero-order chi connectivity index (χ0) is 13.9. The number of nitrogens with one attached hydrogen (secondary N) is 1. The van der Waals surface area contributed by atoms with Gasteiger partial charge in [0.2, 0.25) is 0 Å². The number of thiocarbonyl (C=S) groups is 1. The Morgan fingerprint density at radius 3 is 2.56 bits per heavy atom. The van der Waals surface area contributed by atoms with Crippen LogP contribution in [-0.2, 0) is 0 Å². The van der Waals surface area contributed by atoms with Crippen molar-refractivity contribution in [1.29, 1.82) is 0 Å². The highest BCUT2D eigenvalue weighted by atomic mass is 32.1. The molecule has 0 fully saturated rings. The molecule has 6 heteroatoms. The Labute approximate surface area is 110 Å². The molecular formula is C12H15FN2O2S. The van der Waals surface area contributed by atoms with Gasteiger partial charge in [0.15, 0.2) is 0 Å². The Balaban J connectivity index is 2.98. The van der Waals surface area contributed by atoms with Gasteiger partial charge in [-0.3, -0.25) is 4.79 Å². The number of phenols is 1. The second kappa shape index (κ2) is 5.77. The van der Waals surface area contributed by atoms with E-state index in [1.54, 1.807) is 0 Å². The summed E-state index contributed by atoms with van der Waals surface area (Å²) in [5.41, 5.74) is 5.10. The largest absolute Gasteiger partial charge is 0.507 e. The summed E-state index contributed by atoms with van der Waals surface area (Å²) >= 11 is 4.83. The summed E-state index contributed by atoms with van der Waals surface area (Å²) in [6, 6.07) is 3.10. The van der Waals surface area contributed by atoms with E-state index < -0.39 is 29.1 Å². The average molecular weight is 270 g/mol. The van der Waals surface area contributed by atoms with E-state index in [0.29, 0.717) is 0 Å². The lowest BCUT2D eigenvalue weighted by atomic mass is 10.0. The molecule has 98 valence electrons. The third-order valence-corrected chi connectivity index (χ3v) is 2.73. The number of carbonyl (C=O) groups is 1. The van der Waals surface area contributed by atoms with Crippen molar-refractivity contribution in [2.75, 3.05) is 0 Å². The number of phenolic OH excluding ortho intramolecular Hbond substituents is 1. The summed E-state index contributed by atoms with van der Waals surface area (Å²) in [6.07, 6.45) is 0. The van der Waals surface area contributed by atoms with Gasteiger partial charge in [-0.15, -0.1) is 0 Å². The number of rotatable bonds is 4. The minimum atomic E-state index is -0.794. The predicted molar refractivity (Wildman–Crippen MR) is 70.9 cm³/mol. The number of halogens is 1. The van der Waals surface area contributed by atoms with Crippen molar-refractivity contribution < 1.29 is 14.3 Å². The number of benzene rings is 1. The molecule has 0 aliphatic rings. The molecule has 4 nitrogen and oxygen atoms in total. The van der Waals surface area contributed by atoms with Crippen LogP contribution in [0.1, 0.15) is 24.2 Å². The Kier molecular flexibility index (Phi) is 4.61. The van der Waals surface area contributed by atoms with E-state index in [4.69, 9.17) is 18.0 Å². The highest BCUT2D eigenvalue weighted by Gasteiger charge is 2.23. The highest BCUT2D eigenvalue weighted by molar-refractivity contribution is 7.80. The van der Waals surface area contributed by atoms with Crippen LogP contribution in [0.25, 0.3) is 0 Å². The third kappa shape index (κ3) is 3.16. The van der Waals surface area contributed by atoms with E-state index in [-0.39, 0.29) is 10.9 Å². The fourth-order valence-corrected chi connectivity index (χ4v) is 1.85. The standard InChI is InChI=1S/C12H15FN2O2S/c1-6(2)10(11(14)18)15-12(17)9-7(13)4-3-5-8(9)16/h3-6,10,16H,1-2H3,(H2,14,18)(H,15,17). The molecule has 0 saturated carbocycles. The summed E-state index contributed by atoms with van der Waals surface area (Å²) in [7, 11) is 0. The molecule has 0 saturated heterocycles. The van der Waals surface area contributed by atoms with Gasteiger partial charge >= 0.3 is 0 Å². The highest BCUT2D eigenvalue weighted by Crippen LogP contribution is 2.20. The molecule has 1 aromatic rings. The van der Waals surface area contributed by atoms with Crippen LogP contribution >= 0.6 is 12.2 Å². The van der Waals surface area contributed by atoms with Crippen molar-refractivity contribution in [2.24, 2.45) is 11.7 Å². The van der Waals surface area contributed by atoms with Crippen LogP contribution < -0.4 is 11.1 Å². The maximum absolute atomic E-state index is 13.5. The van der Waals surface area contributed by atoms with Gasteiger partial charge in [0.05, 0.1) is 11.0 Å². The molecule has 1 unspecified atom stereocenters. The second-order valence-electron chi connectivity index (χ2n) is 4.23. The monoisotopic (exact) mass is 270 g/mol. The Bertz CT molecular complexity index is 457. The van der Waals surface area contributed by atoms with E-state index in [9.17, 15) is 14.3 Å². The van der Waals surface area contributed by atoms with Crippen molar-refractivity contribution in [3.8, 4) is 5.75 Å². The van der Waals surface area contributed by atoms with Crippen LogP contribution in [0.4, 0.5) is 4.39 Å². The van der Waals surface area contributed by atoms with Gasteiger partial charge in [0.1, 0.15) is 17.1 Å². The molecule has 1 amide bonds. The normalized spacial score (nSPS) is 12.2. The zero-order valence-electron chi connectivity index (χ0n) is 10.1. The van der Waals surface area contributed by atoms with Crippen molar-refractivity contribution in [1.82, 2.24) is 5.32 Å². The lowest BCUT2D eigenvalue weighted by molar-refractivity contribution is 0.0933. The molecule has 18 heavy (non-hydrogen) atoms. The van der Waals surface area contributed by atoms with E-state index >= 15 is 0 Å². The van der Waals surface area contributed by atoms with Gasteiger partial charge < -0.3 is 16.2 Å². The number of hydrogen-bond acceptors (Lipinski definition) is 3. The van der Waals surface area contributed by atoms with Crippen molar-refractivity contribution in [3.63, 3.8) is 0 Å². The fourth-order valence-electron chi connectivity index (χ4n) is 1.52. The van der Waals surface area contributed by atoms with Crippen molar-refractivity contribution in [2.45, 2.75) is 19.9 Å². The van der Waals surface area contributed by atoms with Gasteiger partial charge in [-0.25, -0.2) is 4.39 Å². The first kappa shape index (κ1) is 14.4. The number of nitrogens with two attached hydrogens (primary N) is 1. The minimum Gasteiger partial charge on any atom is -0.507 e. The molecule has 0 aliphatic carbocycles. The van der Waals surface area contributed by atoms with Crippen LogP contribution in [0.3, 0.4) is 0 Å². The van der Waals surface area contributed by atoms with E-state index in [1.165, 1.54) is 12.1 Å². The molecule has 4 N–H and O–H groups in total. The minimum absolute atomic E-state index is 0.0274. The SMILES string of the molecule is CC(C)C(NC(=O)c1c(O)cccc1F)C(N)=S. The fraction of sp³-hybridized carbons (Fsp3) is 0.333. The molecule has 1 atom stereocenters. The number of aromatic hydroxyl groups is 1. The van der Waals surface area contributed by atoms with E-state index in [1.807, 2.05) is 13.8 Å². The number of amides is 1. The van der Waals surface area contributed by atoms with Crippen molar-refractivity contribution in [3.05, 3.63) is 29.6 Å². The third-order valence-electron chi connectivity index (χ3n) is 2.48. The first-order chi connectivity index (χ1) is 8.34. The molecule has 0 heterocycles. The molecule has 0 spiro atoms. The summed E-state index contributed by atoms with van der Waals surface area (Å²) in [5, 5.41) is 12.0. The molecular weight excluding hydrogens is 255 g/mol. The summed E-state index contributed by atoms with van der Waals surface area (Å²) in [6.45, 7) is 3.65. The number of hydrogen-bond donors (Lipinski definition) is 3. The summed E-state index contributed by atoms with van der Waals surface area (Å²) < 4.78 is 13.5. The topological polar surface area (TPSA) is 75.3 Å². The van der Waals surface area contributed by atoms with Gasteiger partial charge in [-0.1, -0.05) is 32.1 Å². The first-order valence-electron chi connectivity index (χ1n) is 5.42. The van der Waals surface area contributed by atoms with E-state index in [2.05, 4.69) is 5.32 Å². The Morgan fingerprint density at radius 1 is 1.50 bits per heavy atom. The summed E-state index contributed by atoms with van der Waals surface area (Å²) in [5.74, 6) is -1.98. The lowest BCUT2D eigenvalue weighted by Gasteiger charge is -2.21. The van der Waals surface area contributed by atoms with Gasteiger partial charge in [-0.2, -0.15) is 0 Å². The van der Waals surface area contributed by atoms with Crippen LogP contribution in [0, 0.1) is 11.7 Å². The Hall–Kier alpha value is -1.69. The van der Waals surface area contributed by atoms with Crippen LogP contribution in [0.2, 0.25) is 0 Å². The van der Waals surface area contributed by atoms with Gasteiger partial charge in [0.25, 0.3) is 5.91 Å². The number of carbonyl (C=O) groups excluding carboxylic acids is 1. The smallest absolute Gasteiger partial charge is 0.258 e. The molecule has 1 rings (SSSR count). The predicted octanol–water partition coefficient (Wildman–Crippen LogP) is 1.57. The molecule has 0 aromatic heterocycles. The van der Waals surface area contributed by atoms with Gasteiger partial charge in [-0.05, 0) is 18.1 Å². The second-order valence-corrected chi connectivity index (χ2v) is 4.70. The maximum atomic E-state index is 13.5. The molecule has 0 radical (unpaired) electrons. The zero-order valence-corrected chi connectivity index (χ0v) is 10.9. The molecule has 1 aromatic carbocycles. The first-order valence-corrected chi connectivity index (χ1v) is 5.83. The van der Waals surface area contributed by atoms with Crippen molar-refractivity contribution >= 4 is 23.1 Å². The van der Waals surface area contributed by atoms with Gasteiger partial charge in [0, 0.05) is 0 Å². The molecule has 0 bridgehead atoms. The van der Waals surface area contributed by atoms with E-state index in [0.717, 1.165) is 6.07 Å².